The summed E-state index contributed by atoms with van der Waals surface area (Å²) in [5.41, 5.74) is 2.32. The Balaban J connectivity index is 1.47. The zero-order valence-corrected chi connectivity index (χ0v) is 16.3. The van der Waals surface area contributed by atoms with Crippen molar-refractivity contribution < 1.29 is 4.79 Å². The molecule has 0 N–H and O–H groups in total. The van der Waals surface area contributed by atoms with E-state index in [9.17, 15) is 9.59 Å². The minimum atomic E-state index is -0.113. The van der Waals surface area contributed by atoms with Gasteiger partial charge in [-0.25, -0.2) is 0 Å². The first-order valence-electron chi connectivity index (χ1n) is 9.72. The molecule has 1 unspecified atom stereocenters. The van der Waals surface area contributed by atoms with Gasteiger partial charge in [0.1, 0.15) is 6.54 Å². The maximum absolute atomic E-state index is 12.8. The van der Waals surface area contributed by atoms with Crippen LogP contribution in [0.4, 0.5) is 5.69 Å². The predicted octanol–water partition coefficient (Wildman–Crippen LogP) is 3.05. The lowest BCUT2D eigenvalue weighted by atomic mass is 10.1. The molecule has 4 rings (SSSR count). The third-order valence-corrected chi connectivity index (χ3v) is 5.51. The van der Waals surface area contributed by atoms with Crippen LogP contribution in [0.1, 0.15) is 12.5 Å². The number of rotatable bonds is 3. The summed E-state index contributed by atoms with van der Waals surface area (Å²) in [5, 5.41) is 1.55. The zero-order chi connectivity index (χ0) is 19.7. The van der Waals surface area contributed by atoms with Crippen LogP contribution in [0.3, 0.4) is 0 Å². The molecular formula is C23H25N3O2. The summed E-state index contributed by atoms with van der Waals surface area (Å²) in [6.45, 7) is 6.44. The highest BCUT2D eigenvalue weighted by molar-refractivity contribution is 5.82. The quantitative estimate of drug-likeness (QED) is 0.707. The first kappa shape index (κ1) is 18.3. The highest BCUT2D eigenvalue weighted by atomic mass is 16.2. The Hall–Kier alpha value is -3.08. The van der Waals surface area contributed by atoms with E-state index in [1.165, 1.54) is 15.8 Å². The van der Waals surface area contributed by atoms with Crippen LogP contribution in [0.2, 0.25) is 0 Å². The Bertz CT molecular complexity index is 1070. The van der Waals surface area contributed by atoms with Gasteiger partial charge in [-0.05, 0) is 49.1 Å². The van der Waals surface area contributed by atoms with Crippen LogP contribution in [-0.4, -0.2) is 41.1 Å². The second-order valence-corrected chi connectivity index (χ2v) is 7.56. The number of amides is 1. The van der Waals surface area contributed by atoms with E-state index in [2.05, 4.69) is 43.0 Å². The topological polar surface area (TPSA) is 45.5 Å². The molecule has 1 saturated heterocycles. The number of fused-ring (bicyclic) bond motifs is 1. The smallest absolute Gasteiger partial charge is 0.258 e. The van der Waals surface area contributed by atoms with Gasteiger partial charge in [0.25, 0.3) is 5.56 Å². The molecule has 0 bridgehead atoms. The molecule has 28 heavy (non-hydrogen) atoms. The number of anilines is 1. The van der Waals surface area contributed by atoms with Gasteiger partial charge >= 0.3 is 0 Å². The van der Waals surface area contributed by atoms with Gasteiger partial charge in [-0.15, -0.1) is 0 Å². The number of hydrogen-bond donors (Lipinski definition) is 0. The lowest BCUT2D eigenvalue weighted by Crippen LogP contribution is -2.54. The number of nitrogens with zero attached hydrogens (tertiary/aromatic N) is 3. The van der Waals surface area contributed by atoms with Crippen LogP contribution >= 0.6 is 0 Å². The standard InChI is InChI=1S/C23H25N3O2/c1-17-6-5-8-20(14-17)26-13-12-24(15-18(26)2)22(27)16-25-11-10-19-7-3-4-9-21(19)23(25)28/h3-11,14,18H,12-13,15-16H2,1-2H3. The number of aromatic nitrogens is 1. The molecular weight excluding hydrogens is 350 g/mol. The van der Waals surface area contributed by atoms with Crippen LogP contribution in [0.15, 0.2) is 65.6 Å². The molecule has 3 aromatic rings. The number of carbonyl (C=O) groups excluding carboxylic acids is 1. The molecule has 0 spiro atoms. The van der Waals surface area contributed by atoms with E-state index < -0.39 is 0 Å². The molecule has 5 heteroatoms. The number of hydrogen-bond acceptors (Lipinski definition) is 3. The SMILES string of the molecule is Cc1cccc(N2CCN(C(=O)Cn3ccc4ccccc4c3=O)CC2C)c1. The van der Waals surface area contributed by atoms with E-state index in [-0.39, 0.29) is 24.1 Å². The van der Waals surface area contributed by atoms with E-state index in [0.717, 1.165) is 11.9 Å². The van der Waals surface area contributed by atoms with Gasteiger partial charge < -0.3 is 14.4 Å². The summed E-state index contributed by atoms with van der Waals surface area (Å²) >= 11 is 0. The van der Waals surface area contributed by atoms with Gasteiger partial charge in [-0.3, -0.25) is 9.59 Å². The van der Waals surface area contributed by atoms with E-state index in [1.807, 2.05) is 29.2 Å². The van der Waals surface area contributed by atoms with Gasteiger partial charge in [0.2, 0.25) is 5.91 Å². The Morgan fingerprint density at radius 2 is 1.89 bits per heavy atom. The fraction of sp³-hybridized carbons (Fsp3) is 0.304. The number of aryl methyl sites for hydroxylation is 1. The highest BCUT2D eigenvalue weighted by Crippen LogP contribution is 2.21. The maximum atomic E-state index is 12.8. The lowest BCUT2D eigenvalue weighted by molar-refractivity contribution is -0.132. The molecule has 1 aliphatic rings. The van der Waals surface area contributed by atoms with E-state index in [0.29, 0.717) is 18.5 Å². The monoisotopic (exact) mass is 375 g/mol. The Labute approximate surface area is 164 Å². The Morgan fingerprint density at radius 3 is 2.68 bits per heavy atom. The molecule has 1 aromatic heterocycles. The number of carbonyl (C=O) groups is 1. The second-order valence-electron chi connectivity index (χ2n) is 7.56. The van der Waals surface area contributed by atoms with Crippen molar-refractivity contribution in [3.05, 3.63) is 76.7 Å². The van der Waals surface area contributed by atoms with Crippen molar-refractivity contribution in [2.75, 3.05) is 24.5 Å². The fourth-order valence-electron chi connectivity index (χ4n) is 3.97. The molecule has 1 atom stereocenters. The average molecular weight is 375 g/mol. The number of piperazine rings is 1. The molecule has 1 amide bonds. The molecule has 0 saturated carbocycles. The van der Waals surface area contributed by atoms with Crippen molar-refractivity contribution in [2.45, 2.75) is 26.4 Å². The van der Waals surface area contributed by atoms with Crippen LogP contribution in [0.25, 0.3) is 10.8 Å². The van der Waals surface area contributed by atoms with Gasteiger partial charge in [0.05, 0.1) is 0 Å². The van der Waals surface area contributed by atoms with Gasteiger partial charge in [-0.1, -0.05) is 30.3 Å². The summed E-state index contributed by atoms with van der Waals surface area (Å²) in [6, 6.07) is 18.1. The molecule has 2 aromatic carbocycles. The second kappa shape index (κ2) is 7.50. The van der Waals surface area contributed by atoms with Crippen LogP contribution < -0.4 is 10.5 Å². The lowest BCUT2D eigenvalue weighted by Gasteiger charge is -2.41. The summed E-state index contributed by atoms with van der Waals surface area (Å²) in [6.07, 6.45) is 1.72. The van der Waals surface area contributed by atoms with Crippen molar-refractivity contribution in [3.8, 4) is 0 Å². The van der Waals surface area contributed by atoms with E-state index in [1.54, 1.807) is 12.3 Å². The zero-order valence-electron chi connectivity index (χ0n) is 16.3. The Morgan fingerprint density at radius 1 is 1.07 bits per heavy atom. The van der Waals surface area contributed by atoms with Gasteiger partial charge in [-0.2, -0.15) is 0 Å². The van der Waals surface area contributed by atoms with Crippen LogP contribution in [0, 0.1) is 6.92 Å². The minimum absolute atomic E-state index is 0.00637. The molecule has 1 fully saturated rings. The third-order valence-electron chi connectivity index (χ3n) is 5.51. The van der Waals surface area contributed by atoms with Crippen LogP contribution in [0.5, 0.6) is 0 Å². The van der Waals surface area contributed by atoms with Crippen molar-refractivity contribution in [1.82, 2.24) is 9.47 Å². The average Bonchev–Trinajstić information content (AvgIpc) is 2.70. The number of pyridine rings is 1. The molecule has 1 aliphatic heterocycles. The van der Waals surface area contributed by atoms with Crippen molar-refractivity contribution >= 4 is 22.4 Å². The molecule has 0 radical (unpaired) electrons. The van der Waals surface area contributed by atoms with E-state index in [4.69, 9.17) is 0 Å². The molecule has 0 aliphatic carbocycles. The third kappa shape index (κ3) is 3.52. The predicted molar refractivity (Wildman–Crippen MR) is 113 cm³/mol. The van der Waals surface area contributed by atoms with Crippen molar-refractivity contribution in [3.63, 3.8) is 0 Å². The largest absolute Gasteiger partial charge is 0.365 e. The van der Waals surface area contributed by atoms with Gasteiger partial charge in [0, 0.05) is 42.9 Å². The van der Waals surface area contributed by atoms with E-state index >= 15 is 0 Å². The van der Waals surface area contributed by atoms with Crippen molar-refractivity contribution in [2.24, 2.45) is 0 Å². The number of benzene rings is 2. The summed E-state index contributed by atoms with van der Waals surface area (Å²) in [7, 11) is 0. The summed E-state index contributed by atoms with van der Waals surface area (Å²) < 4.78 is 1.52. The normalized spacial score (nSPS) is 17.1. The summed E-state index contributed by atoms with van der Waals surface area (Å²) in [4.78, 5) is 29.7. The molecule has 2 heterocycles. The molecule has 5 nitrogen and oxygen atoms in total. The minimum Gasteiger partial charge on any atom is -0.365 e. The Kier molecular flexibility index (Phi) is 4.90. The first-order valence-corrected chi connectivity index (χ1v) is 9.72. The van der Waals surface area contributed by atoms with Crippen molar-refractivity contribution in [1.29, 1.82) is 0 Å². The highest BCUT2D eigenvalue weighted by Gasteiger charge is 2.27. The first-order chi connectivity index (χ1) is 13.5. The molecule has 144 valence electrons. The maximum Gasteiger partial charge on any atom is 0.258 e. The van der Waals surface area contributed by atoms with Gasteiger partial charge in [0.15, 0.2) is 0 Å². The fourth-order valence-corrected chi connectivity index (χ4v) is 3.97. The summed E-state index contributed by atoms with van der Waals surface area (Å²) in [5.74, 6) is -0.00637. The van der Waals surface area contributed by atoms with Crippen LogP contribution in [-0.2, 0) is 11.3 Å².